The molecule has 25 heavy (non-hydrogen) atoms. The van der Waals surface area contributed by atoms with E-state index in [4.69, 9.17) is 0 Å². The van der Waals surface area contributed by atoms with Gasteiger partial charge < -0.3 is 0 Å². The van der Waals surface area contributed by atoms with Crippen molar-refractivity contribution in [1.29, 1.82) is 0 Å². The molecule has 0 spiro atoms. The standard InChI is InChI=1S/C17H15N3O4S/c1-3-11-5-4-6-12(9-11)20(2)25(23,24)13-7-8-14-15(10-13)19-17(22)16(21)18-14/h4-10H,3H2,1-2H3. The molecule has 0 bridgehead atoms. The maximum atomic E-state index is 12.9. The highest BCUT2D eigenvalue weighted by Gasteiger charge is 2.23. The topological polar surface area (TPSA) is 96.2 Å². The molecule has 0 saturated heterocycles. The third-order valence-corrected chi connectivity index (χ3v) is 5.70. The van der Waals surface area contributed by atoms with Gasteiger partial charge in [-0.3, -0.25) is 13.9 Å². The molecule has 0 atom stereocenters. The molecule has 0 N–H and O–H groups in total. The quantitative estimate of drug-likeness (QED) is 0.739. The molecule has 8 heteroatoms. The first-order valence-electron chi connectivity index (χ1n) is 7.56. The number of carbonyl (C=O) groups excluding carboxylic acids is 2. The van der Waals surface area contributed by atoms with Crippen molar-refractivity contribution in [1.82, 2.24) is 0 Å². The van der Waals surface area contributed by atoms with E-state index in [9.17, 15) is 18.0 Å². The molecule has 1 aliphatic heterocycles. The average Bonchev–Trinajstić information content (AvgIpc) is 2.61. The molecule has 0 radical (unpaired) electrons. The molecule has 3 rings (SSSR count). The van der Waals surface area contributed by atoms with E-state index in [0.717, 1.165) is 12.0 Å². The molecule has 7 nitrogen and oxygen atoms in total. The summed E-state index contributed by atoms with van der Waals surface area (Å²) in [5, 5.41) is 0.251. The number of amides is 2. The fraction of sp³-hybridized carbons (Fsp3) is 0.176. The van der Waals surface area contributed by atoms with Gasteiger partial charge in [-0.1, -0.05) is 19.1 Å². The van der Waals surface area contributed by atoms with Crippen LogP contribution in [0.25, 0.3) is 0 Å². The van der Waals surface area contributed by atoms with Crippen LogP contribution in [0.4, 0.5) is 5.69 Å². The monoisotopic (exact) mass is 357 g/mol. The van der Waals surface area contributed by atoms with Gasteiger partial charge in [0.15, 0.2) is 0 Å². The lowest BCUT2D eigenvalue weighted by Gasteiger charge is -2.20. The summed E-state index contributed by atoms with van der Waals surface area (Å²) in [7, 11) is -2.39. The molecule has 128 valence electrons. The largest absolute Gasteiger partial charge is 0.338 e. The Labute approximate surface area is 144 Å². The van der Waals surface area contributed by atoms with E-state index >= 15 is 0 Å². The fourth-order valence-corrected chi connectivity index (χ4v) is 3.64. The number of rotatable bonds is 4. The number of hydrogen-bond acceptors (Lipinski definition) is 4. The van der Waals surface area contributed by atoms with Crippen LogP contribution >= 0.6 is 0 Å². The predicted octanol–water partition coefficient (Wildman–Crippen LogP) is 0.380. The highest BCUT2D eigenvalue weighted by molar-refractivity contribution is 7.92. The van der Waals surface area contributed by atoms with Gasteiger partial charge in [-0.15, -0.1) is 0 Å². The second-order valence-electron chi connectivity index (χ2n) is 5.48. The third-order valence-electron chi connectivity index (χ3n) is 3.91. The first-order chi connectivity index (χ1) is 11.8. The van der Waals surface area contributed by atoms with Crippen LogP contribution in [0.5, 0.6) is 0 Å². The maximum Gasteiger partial charge on any atom is 0.338 e. The van der Waals surface area contributed by atoms with E-state index in [1.54, 1.807) is 18.2 Å². The summed E-state index contributed by atoms with van der Waals surface area (Å²) in [4.78, 5) is 29.8. The second-order valence-corrected chi connectivity index (χ2v) is 7.45. The lowest BCUT2D eigenvalue weighted by Crippen LogP contribution is -2.36. The van der Waals surface area contributed by atoms with Crippen LogP contribution in [-0.2, 0) is 26.0 Å². The molecule has 2 aromatic carbocycles. The van der Waals surface area contributed by atoms with Gasteiger partial charge in [0.25, 0.3) is 10.0 Å². The zero-order chi connectivity index (χ0) is 18.2. The fourth-order valence-electron chi connectivity index (χ4n) is 2.43. The summed E-state index contributed by atoms with van der Waals surface area (Å²) in [6.45, 7) is 1.99. The molecule has 2 aromatic rings. The van der Waals surface area contributed by atoms with Crippen molar-refractivity contribution >= 4 is 27.5 Å². The van der Waals surface area contributed by atoms with Crippen LogP contribution in [0.2, 0.25) is 0 Å². The molecule has 0 aromatic heterocycles. The lowest BCUT2D eigenvalue weighted by atomic mass is 10.1. The van der Waals surface area contributed by atoms with E-state index in [1.807, 2.05) is 13.0 Å². The number of sulfonamides is 1. The number of hydrogen-bond donors (Lipinski definition) is 0. The summed E-state index contributed by atoms with van der Waals surface area (Å²) in [5.41, 5.74) is 1.55. The predicted molar refractivity (Wildman–Crippen MR) is 90.2 cm³/mol. The van der Waals surface area contributed by atoms with E-state index in [1.165, 1.54) is 29.6 Å². The first-order valence-corrected chi connectivity index (χ1v) is 9.00. The van der Waals surface area contributed by atoms with Crippen LogP contribution in [0.15, 0.2) is 57.3 Å². The zero-order valence-corrected chi connectivity index (χ0v) is 14.4. The van der Waals surface area contributed by atoms with Crippen molar-refractivity contribution in [2.24, 2.45) is 9.98 Å². The van der Waals surface area contributed by atoms with Crippen molar-refractivity contribution in [2.75, 3.05) is 11.4 Å². The highest BCUT2D eigenvalue weighted by atomic mass is 32.2. The molecule has 1 heterocycles. The zero-order valence-electron chi connectivity index (χ0n) is 13.6. The van der Waals surface area contributed by atoms with Gasteiger partial charge in [-0.2, -0.15) is 0 Å². The van der Waals surface area contributed by atoms with Gasteiger partial charge >= 0.3 is 11.8 Å². The normalized spacial score (nSPS) is 13.7. The Hall–Kier alpha value is -2.87. The van der Waals surface area contributed by atoms with Crippen LogP contribution < -0.4 is 15.0 Å². The SMILES string of the molecule is CCc1cccc(N(C)S(=O)(=O)c2ccc3c(c2)=NC(=O)C(=O)N=3)c1. The Kier molecular flexibility index (Phi) is 4.22. The maximum absolute atomic E-state index is 12.9. The Morgan fingerprint density at radius 2 is 1.64 bits per heavy atom. The van der Waals surface area contributed by atoms with Crippen LogP contribution in [0.3, 0.4) is 0 Å². The lowest BCUT2D eigenvalue weighted by molar-refractivity contribution is -0.135. The molecule has 0 fully saturated rings. The number of carbonyl (C=O) groups is 2. The van der Waals surface area contributed by atoms with Gasteiger partial charge in [-0.05, 0) is 42.3 Å². The molecule has 0 aliphatic carbocycles. The summed E-state index contributed by atoms with van der Waals surface area (Å²) in [5.74, 6) is -1.97. The van der Waals surface area contributed by atoms with Gasteiger partial charge in [0.2, 0.25) is 0 Å². The summed E-state index contributed by atoms with van der Waals surface area (Å²) >= 11 is 0. The first kappa shape index (κ1) is 17.0. The molecule has 0 saturated carbocycles. The third kappa shape index (κ3) is 3.08. The van der Waals surface area contributed by atoms with Gasteiger partial charge in [0.05, 0.1) is 21.3 Å². The van der Waals surface area contributed by atoms with Crippen molar-refractivity contribution in [3.05, 3.63) is 58.7 Å². The number of anilines is 1. The van der Waals surface area contributed by atoms with E-state index in [0.29, 0.717) is 5.69 Å². The summed E-state index contributed by atoms with van der Waals surface area (Å²) in [6, 6.07) is 11.2. The minimum atomic E-state index is -3.85. The molecule has 1 aliphatic rings. The minimum Gasteiger partial charge on any atom is -0.269 e. The number of benzene rings is 2. The highest BCUT2D eigenvalue weighted by Crippen LogP contribution is 2.22. The smallest absolute Gasteiger partial charge is 0.269 e. The Morgan fingerprint density at radius 3 is 2.32 bits per heavy atom. The minimum absolute atomic E-state index is 0.0308. The number of aryl methyl sites for hydroxylation is 1. The summed E-state index contributed by atoms with van der Waals surface area (Å²) < 4.78 is 26.9. The second kappa shape index (κ2) is 6.21. The van der Waals surface area contributed by atoms with E-state index in [-0.39, 0.29) is 15.6 Å². The Bertz CT molecular complexity index is 1110. The molecular formula is C17H15N3O4S. The van der Waals surface area contributed by atoms with Crippen molar-refractivity contribution in [3.63, 3.8) is 0 Å². The molecule has 2 amide bonds. The van der Waals surface area contributed by atoms with Crippen LogP contribution in [0.1, 0.15) is 12.5 Å². The number of fused-ring (bicyclic) bond motifs is 1. The Balaban J connectivity index is 2.08. The van der Waals surface area contributed by atoms with Gasteiger partial charge in [0.1, 0.15) is 0 Å². The molecular weight excluding hydrogens is 342 g/mol. The van der Waals surface area contributed by atoms with Crippen molar-refractivity contribution < 1.29 is 18.0 Å². The van der Waals surface area contributed by atoms with E-state index < -0.39 is 21.8 Å². The van der Waals surface area contributed by atoms with Crippen molar-refractivity contribution in [2.45, 2.75) is 18.2 Å². The Morgan fingerprint density at radius 1 is 0.960 bits per heavy atom. The molecule has 0 unspecified atom stereocenters. The number of nitrogens with zero attached hydrogens (tertiary/aromatic N) is 3. The van der Waals surface area contributed by atoms with Gasteiger partial charge in [-0.25, -0.2) is 18.4 Å². The van der Waals surface area contributed by atoms with Crippen LogP contribution in [0, 0.1) is 0 Å². The summed E-state index contributed by atoms with van der Waals surface area (Å²) in [6.07, 6.45) is 0.789. The van der Waals surface area contributed by atoms with Crippen LogP contribution in [-0.4, -0.2) is 27.3 Å². The average molecular weight is 357 g/mol. The van der Waals surface area contributed by atoms with Gasteiger partial charge in [0, 0.05) is 7.05 Å². The van der Waals surface area contributed by atoms with Crippen molar-refractivity contribution in [3.8, 4) is 0 Å². The van der Waals surface area contributed by atoms with E-state index in [2.05, 4.69) is 9.98 Å².